The largest absolute Gasteiger partial charge is 0.377 e. The molecule has 1 aliphatic heterocycles. The van der Waals surface area contributed by atoms with Crippen molar-refractivity contribution in [3.8, 4) is 0 Å². The third-order valence-electron chi connectivity index (χ3n) is 3.33. The van der Waals surface area contributed by atoms with E-state index in [4.69, 9.17) is 4.74 Å². The minimum atomic E-state index is -3.43. The van der Waals surface area contributed by atoms with Crippen molar-refractivity contribution in [3.05, 3.63) is 17.0 Å². The summed E-state index contributed by atoms with van der Waals surface area (Å²) < 4.78 is 33.1. The van der Waals surface area contributed by atoms with Crippen LogP contribution in [-0.4, -0.2) is 33.7 Å². The number of ether oxygens (including phenoxy) is 1. The summed E-state index contributed by atoms with van der Waals surface area (Å²) in [5, 5.41) is 5.16. The van der Waals surface area contributed by atoms with Crippen molar-refractivity contribution in [2.75, 3.05) is 13.2 Å². The lowest BCUT2D eigenvalue weighted by molar-refractivity contribution is 0.117. The molecule has 0 saturated carbocycles. The van der Waals surface area contributed by atoms with Gasteiger partial charge in [-0.2, -0.15) is 0 Å². The molecule has 114 valence electrons. The topological polar surface area (TPSA) is 67.4 Å². The maximum Gasteiger partial charge on any atom is 0.250 e. The SMILES string of the molecule is CCCNCc1csc(S(=O)(=O)NC2CCOC2C)c1. The zero-order valence-corrected chi connectivity index (χ0v) is 13.5. The molecule has 5 nitrogen and oxygen atoms in total. The zero-order chi connectivity index (χ0) is 14.6. The average molecular weight is 318 g/mol. The quantitative estimate of drug-likeness (QED) is 0.751. The first-order chi connectivity index (χ1) is 9.53. The molecule has 1 aliphatic rings. The Labute approximate surface area is 124 Å². The highest BCUT2D eigenvalue weighted by molar-refractivity contribution is 7.91. The van der Waals surface area contributed by atoms with Crippen LogP contribution in [0, 0.1) is 0 Å². The molecule has 0 radical (unpaired) electrons. The third-order valence-corrected chi connectivity index (χ3v) is 6.31. The molecule has 1 aromatic heterocycles. The lowest BCUT2D eigenvalue weighted by Crippen LogP contribution is -2.38. The molecule has 1 saturated heterocycles. The molecule has 2 unspecified atom stereocenters. The van der Waals surface area contributed by atoms with E-state index in [2.05, 4.69) is 17.0 Å². The molecule has 0 spiro atoms. The molecule has 0 aliphatic carbocycles. The fourth-order valence-electron chi connectivity index (χ4n) is 2.14. The second-order valence-electron chi connectivity index (χ2n) is 5.04. The van der Waals surface area contributed by atoms with Crippen LogP contribution >= 0.6 is 11.3 Å². The first-order valence-corrected chi connectivity index (χ1v) is 9.31. The monoisotopic (exact) mass is 318 g/mol. The van der Waals surface area contributed by atoms with E-state index in [0.29, 0.717) is 17.4 Å². The summed E-state index contributed by atoms with van der Waals surface area (Å²) >= 11 is 1.27. The van der Waals surface area contributed by atoms with E-state index in [0.717, 1.165) is 24.9 Å². The predicted octanol–water partition coefficient (Wildman–Crippen LogP) is 1.70. The molecule has 1 aromatic rings. The van der Waals surface area contributed by atoms with Crippen LogP contribution in [0.4, 0.5) is 0 Å². The van der Waals surface area contributed by atoms with Crippen LogP contribution in [0.25, 0.3) is 0 Å². The van der Waals surface area contributed by atoms with Gasteiger partial charge in [-0.1, -0.05) is 6.92 Å². The predicted molar refractivity (Wildman–Crippen MR) is 80.5 cm³/mol. The molecule has 7 heteroatoms. The first-order valence-electron chi connectivity index (χ1n) is 6.95. The Balaban J connectivity index is 1.98. The van der Waals surface area contributed by atoms with Gasteiger partial charge in [-0.25, -0.2) is 13.1 Å². The number of thiophene rings is 1. The number of sulfonamides is 1. The van der Waals surface area contributed by atoms with Crippen LogP contribution in [0.5, 0.6) is 0 Å². The van der Waals surface area contributed by atoms with Gasteiger partial charge in [-0.05, 0) is 43.3 Å². The number of nitrogens with one attached hydrogen (secondary N) is 2. The molecule has 20 heavy (non-hydrogen) atoms. The van der Waals surface area contributed by atoms with Gasteiger partial charge < -0.3 is 10.1 Å². The number of hydrogen-bond acceptors (Lipinski definition) is 5. The van der Waals surface area contributed by atoms with Gasteiger partial charge in [0.15, 0.2) is 0 Å². The van der Waals surface area contributed by atoms with Crippen LogP contribution in [0.15, 0.2) is 15.7 Å². The van der Waals surface area contributed by atoms with Gasteiger partial charge in [0.1, 0.15) is 4.21 Å². The lowest BCUT2D eigenvalue weighted by atomic mass is 10.2. The van der Waals surface area contributed by atoms with E-state index in [9.17, 15) is 8.42 Å². The molecule has 0 aromatic carbocycles. The maximum atomic E-state index is 12.3. The highest BCUT2D eigenvalue weighted by atomic mass is 32.2. The van der Waals surface area contributed by atoms with Crippen LogP contribution < -0.4 is 10.0 Å². The normalized spacial score (nSPS) is 23.3. The van der Waals surface area contributed by atoms with Gasteiger partial charge in [0, 0.05) is 13.2 Å². The molecule has 0 bridgehead atoms. The van der Waals surface area contributed by atoms with Crippen molar-refractivity contribution in [2.45, 2.75) is 49.6 Å². The highest BCUT2D eigenvalue weighted by Gasteiger charge is 2.29. The Morgan fingerprint density at radius 3 is 2.95 bits per heavy atom. The van der Waals surface area contributed by atoms with E-state index >= 15 is 0 Å². The Morgan fingerprint density at radius 1 is 1.50 bits per heavy atom. The molecule has 2 atom stereocenters. The van der Waals surface area contributed by atoms with E-state index in [1.807, 2.05) is 12.3 Å². The molecular weight excluding hydrogens is 296 g/mol. The second-order valence-corrected chi connectivity index (χ2v) is 7.90. The third kappa shape index (κ3) is 4.02. The van der Waals surface area contributed by atoms with Crippen molar-refractivity contribution in [1.29, 1.82) is 0 Å². The van der Waals surface area contributed by atoms with Gasteiger partial charge in [-0.15, -0.1) is 11.3 Å². The summed E-state index contributed by atoms with van der Waals surface area (Å²) in [4.78, 5) is 0. The summed E-state index contributed by atoms with van der Waals surface area (Å²) in [5.41, 5.74) is 1.01. The van der Waals surface area contributed by atoms with Crippen LogP contribution in [0.2, 0.25) is 0 Å². The van der Waals surface area contributed by atoms with Crippen molar-refractivity contribution in [1.82, 2.24) is 10.0 Å². The van der Waals surface area contributed by atoms with Gasteiger partial charge in [0.2, 0.25) is 10.0 Å². The Bertz CT molecular complexity index is 527. The second kappa shape index (κ2) is 7.00. The Hall–Kier alpha value is -0.470. The van der Waals surface area contributed by atoms with Gasteiger partial charge in [0.25, 0.3) is 0 Å². The molecule has 1 fully saturated rings. The summed E-state index contributed by atoms with van der Waals surface area (Å²) in [6.45, 7) is 6.26. The zero-order valence-electron chi connectivity index (χ0n) is 11.9. The molecule has 2 heterocycles. The maximum absolute atomic E-state index is 12.3. The summed E-state index contributed by atoms with van der Waals surface area (Å²) in [7, 11) is -3.43. The van der Waals surface area contributed by atoms with Crippen molar-refractivity contribution >= 4 is 21.4 Å². The smallest absolute Gasteiger partial charge is 0.250 e. The van der Waals surface area contributed by atoms with E-state index in [1.165, 1.54) is 11.3 Å². The molecule has 2 rings (SSSR count). The van der Waals surface area contributed by atoms with Gasteiger partial charge in [0.05, 0.1) is 12.1 Å². The lowest BCUT2D eigenvalue weighted by Gasteiger charge is -2.15. The molecule has 2 N–H and O–H groups in total. The van der Waals surface area contributed by atoms with E-state index in [1.54, 1.807) is 6.07 Å². The number of rotatable bonds is 7. The fourth-order valence-corrected chi connectivity index (χ4v) is 4.70. The van der Waals surface area contributed by atoms with E-state index in [-0.39, 0.29) is 12.1 Å². The van der Waals surface area contributed by atoms with Gasteiger partial charge >= 0.3 is 0 Å². The van der Waals surface area contributed by atoms with Crippen molar-refractivity contribution in [2.24, 2.45) is 0 Å². The number of hydrogen-bond donors (Lipinski definition) is 2. The fraction of sp³-hybridized carbons (Fsp3) is 0.692. The average Bonchev–Trinajstić information content (AvgIpc) is 3.00. The van der Waals surface area contributed by atoms with Gasteiger partial charge in [-0.3, -0.25) is 0 Å². The van der Waals surface area contributed by atoms with Crippen LogP contribution in [0.1, 0.15) is 32.3 Å². The van der Waals surface area contributed by atoms with Crippen LogP contribution in [0.3, 0.4) is 0 Å². The molecule has 0 amide bonds. The summed E-state index contributed by atoms with van der Waals surface area (Å²) in [5.74, 6) is 0. The highest BCUT2D eigenvalue weighted by Crippen LogP contribution is 2.22. The Kier molecular flexibility index (Phi) is 5.57. The summed E-state index contributed by atoms with van der Waals surface area (Å²) in [6, 6.07) is 1.62. The van der Waals surface area contributed by atoms with Crippen molar-refractivity contribution < 1.29 is 13.2 Å². The van der Waals surface area contributed by atoms with E-state index < -0.39 is 10.0 Å². The Morgan fingerprint density at radius 2 is 2.30 bits per heavy atom. The minimum Gasteiger partial charge on any atom is -0.377 e. The van der Waals surface area contributed by atoms with Crippen molar-refractivity contribution in [3.63, 3.8) is 0 Å². The molecular formula is C13H22N2O3S2. The summed E-state index contributed by atoms with van der Waals surface area (Å²) in [6.07, 6.45) is 1.74. The van der Waals surface area contributed by atoms with Crippen LogP contribution in [-0.2, 0) is 21.3 Å². The minimum absolute atomic E-state index is 0.0598. The first kappa shape index (κ1) is 15.9. The standard InChI is InChI=1S/C13H22N2O3S2/c1-3-5-14-8-11-7-13(19-9-11)20(16,17)15-12-4-6-18-10(12)2/h7,9-10,12,14-15H,3-6,8H2,1-2H3.